The van der Waals surface area contributed by atoms with Crippen LogP contribution in [0.5, 0.6) is 0 Å². The summed E-state index contributed by atoms with van der Waals surface area (Å²) in [7, 11) is 0. The molecule has 3 nitrogen and oxygen atoms in total. The standard InChI is InChI=1S/C16H22N2O/c1-12-4-2-5-13(8-12)9-15-11-19-16(18-15)14-6-3-7-17-10-14/h2,4-5,8,14-15,17H,3,6-7,9-11H2,1H3. The van der Waals surface area contributed by atoms with Crippen molar-refractivity contribution in [3.63, 3.8) is 0 Å². The Morgan fingerprint density at radius 1 is 1.42 bits per heavy atom. The Kier molecular flexibility index (Phi) is 3.83. The molecule has 2 aliphatic rings. The minimum atomic E-state index is 0.304. The van der Waals surface area contributed by atoms with Gasteiger partial charge in [-0.1, -0.05) is 29.8 Å². The van der Waals surface area contributed by atoms with Gasteiger partial charge in [-0.15, -0.1) is 0 Å². The van der Waals surface area contributed by atoms with Crippen LogP contribution in [0.15, 0.2) is 29.3 Å². The van der Waals surface area contributed by atoms with Crippen molar-refractivity contribution in [2.45, 2.75) is 32.2 Å². The van der Waals surface area contributed by atoms with E-state index in [1.165, 1.54) is 24.0 Å². The minimum Gasteiger partial charge on any atom is -0.478 e. The molecule has 0 aromatic heterocycles. The largest absolute Gasteiger partial charge is 0.478 e. The summed E-state index contributed by atoms with van der Waals surface area (Å²) in [5, 5.41) is 3.42. The Morgan fingerprint density at radius 3 is 3.16 bits per heavy atom. The van der Waals surface area contributed by atoms with Gasteiger partial charge in [-0.3, -0.25) is 0 Å². The molecule has 102 valence electrons. The van der Waals surface area contributed by atoms with Crippen LogP contribution in [0.3, 0.4) is 0 Å². The molecule has 1 saturated heterocycles. The molecule has 19 heavy (non-hydrogen) atoms. The molecular weight excluding hydrogens is 236 g/mol. The third-order valence-corrected chi connectivity index (χ3v) is 3.93. The highest BCUT2D eigenvalue weighted by Gasteiger charge is 2.27. The number of benzene rings is 1. The first-order valence-electron chi connectivity index (χ1n) is 7.28. The lowest BCUT2D eigenvalue weighted by Gasteiger charge is -2.21. The number of hydrogen-bond acceptors (Lipinski definition) is 3. The maximum absolute atomic E-state index is 5.82. The summed E-state index contributed by atoms with van der Waals surface area (Å²) in [6.45, 7) is 5.04. The lowest BCUT2D eigenvalue weighted by Crippen LogP contribution is -2.34. The van der Waals surface area contributed by atoms with Crippen LogP contribution < -0.4 is 5.32 Å². The molecule has 2 unspecified atom stereocenters. The van der Waals surface area contributed by atoms with Crippen molar-refractivity contribution < 1.29 is 4.74 Å². The van der Waals surface area contributed by atoms with E-state index in [4.69, 9.17) is 9.73 Å². The van der Waals surface area contributed by atoms with Gasteiger partial charge < -0.3 is 10.1 Å². The third-order valence-electron chi connectivity index (χ3n) is 3.93. The number of ether oxygens (including phenoxy) is 1. The molecule has 3 rings (SSSR count). The van der Waals surface area contributed by atoms with Gasteiger partial charge in [0.15, 0.2) is 5.90 Å². The number of nitrogens with one attached hydrogen (secondary N) is 1. The Balaban J connectivity index is 1.62. The van der Waals surface area contributed by atoms with Crippen molar-refractivity contribution in [1.82, 2.24) is 5.32 Å². The van der Waals surface area contributed by atoms with Crippen molar-refractivity contribution in [2.24, 2.45) is 10.9 Å². The van der Waals surface area contributed by atoms with Crippen LogP contribution in [0, 0.1) is 12.8 Å². The maximum atomic E-state index is 5.82. The molecule has 0 aliphatic carbocycles. The lowest BCUT2D eigenvalue weighted by atomic mass is 9.99. The van der Waals surface area contributed by atoms with Crippen LogP contribution in [0.25, 0.3) is 0 Å². The summed E-state index contributed by atoms with van der Waals surface area (Å²) in [6, 6.07) is 8.99. The van der Waals surface area contributed by atoms with Crippen LogP contribution in [0.1, 0.15) is 24.0 Å². The van der Waals surface area contributed by atoms with Gasteiger partial charge >= 0.3 is 0 Å². The summed E-state index contributed by atoms with van der Waals surface area (Å²) in [4.78, 5) is 4.79. The maximum Gasteiger partial charge on any atom is 0.188 e. The number of aryl methyl sites for hydroxylation is 1. The van der Waals surface area contributed by atoms with E-state index in [1.54, 1.807) is 0 Å². The Hall–Kier alpha value is -1.35. The molecule has 0 radical (unpaired) electrons. The first-order valence-corrected chi connectivity index (χ1v) is 7.28. The summed E-state index contributed by atoms with van der Waals surface area (Å²) < 4.78 is 5.82. The molecule has 3 heteroatoms. The normalized spacial score (nSPS) is 26.9. The second kappa shape index (κ2) is 5.74. The van der Waals surface area contributed by atoms with E-state index >= 15 is 0 Å². The van der Waals surface area contributed by atoms with Gasteiger partial charge in [0.05, 0.1) is 6.04 Å². The molecule has 0 bridgehead atoms. The number of piperidine rings is 1. The lowest BCUT2D eigenvalue weighted by molar-refractivity contribution is 0.285. The molecule has 2 atom stereocenters. The van der Waals surface area contributed by atoms with Crippen molar-refractivity contribution in [1.29, 1.82) is 0 Å². The number of nitrogens with zero attached hydrogens (tertiary/aromatic N) is 1. The van der Waals surface area contributed by atoms with Crippen LogP contribution >= 0.6 is 0 Å². The third kappa shape index (κ3) is 3.16. The molecule has 0 amide bonds. The molecule has 2 heterocycles. The van der Waals surface area contributed by atoms with Gasteiger partial charge in [-0.25, -0.2) is 4.99 Å². The van der Waals surface area contributed by atoms with Crippen molar-refractivity contribution in [3.8, 4) is 0 Å². The summed E-state index contributed by atoms with van der Waals surface area (Å²) >= 11 is 0. The van der Waals surface area contributed by atoms with Gasteiger partial charge in [0.25, 0.3) is 0 Å². The van der Waals surface area contributed by atoms with Gasteiger partial charge in [0, 0.05) is 12.5 Å². The van der Waals surface area contributed by atoms with Gasteiger partial charge in [0.2, 0.25) is 0 Å². The van der Waals surface area contributed by atoms with Crippen LogP contribution in [-0.2, 0) is 11.2 Å². The fourth-order valence-electron chi connectivity index (χ4n) is 2.94. The summed E-state index contributed by atoms with van der Waals surface area (Å²) in [6.07, 6.45) is 3.43. The van der Waals surface area contributed by atoms with Crippen molar-refractivity contribution in [2.75, 3.05) is 19.7 Å². The SMILES string of the molecule is Cc1cccc(CC2COC(C3CCCNC3)=N2)c1. The van der Waals surface area contributed by atoms with Crippen molar-refractivity contribution >= 4 is 5.90 Å². The van der Waals surface area contributed by atoms with Crippen LogP contribution in [-0.4, -0.2) is 31.6 Å². The second-order valence-electron chi connectivity index (χ2n) is 5.67. The summed E-state index contributed by atoms with van der Waals surface area (Å²) in [5.41, 5.74) is 2.68. The molecule has 1 aromatic rings. The molecule has 1 aromatic carbocycles. The van der Waals surface area contributed by atoms with Gasteiger partial charge in [-0.05, 0) is 38.3 Å². The molecule has 0 saturated carbocycles. The second-order valence-corrected chi connectivity index (χ2v) is 5.67. The smallest absolute Gasteiger partial charge is 0.188 e. The zero-order valence-electron chi connectivity index (χ0n) is 11.6. The average molecular weight is 258 g/mol. The van der Waals surface area contributed by atoms with E-state index < -0.39 is 0 Å². The minimum absolute atomic E-state index is 0.304. The predicted octanol–water partition coefficient (Wildman–Crippen LogP) is 2.33. The van der Waals surface area contributed by atoms with E-state index in [2.05, 4.69) is 36.5 Å². The Morgan fingerprint density at radius 2 is 2.37 bits per heavy atom. The monoisotopic (exact) mass is 258 g/mol. The zero-order chi connectivity index (χ0) is 13.1. The van der Waals surface area contributed by atoms with E-state index in [-0.39, 0.29) is 0 Å². The zero-order valence-corrected chi connectivity index (χ0v) is 11.6. The van der Waals surface area contributed by atoms with Gasteiger partial charge in [-0.2, -0.15) is 0 Å². The highest BCUT2D eigenvalue weighted by Crippen LogP contribution is 2.20. The van der Waals surface area contributed by atoms with Crippen LogP contribution in [0.2, 0.25) is 0 Å². The van der Waals surface area contributed by atoms with E-state index in [9.17, 15) is 0 Å². The fraction of sp³-hybridized carbons (Fsp3) is 0.562. The van der Waals surface area contributed by atoms with E-state index in [1.807, 2.05) is 0 Å². The predicted molar refractivity (Wildman–Crippen MR) is 77.7 cm³/mol. The Labute approximate surface area is 115 Å². The number of rotatable bonds is 3. The van der Waals surface area contributed by atoms with Gasteiger partial charge in [0.1, 0.15) is 6.61 Å². The highest BCUT2D eigenvalue weighted by atomic mass is 16.5. The molecule has 1 N–H and O–H groups in total. The van der Waals surface area contributed by atoms with Crippen molar-refractivity contribution in [3.05, 3.63) is 35.4 Å². The highest BCUT2D eigenvalue weighted by molar-refractivity contribution is 5.80. The average Bonchev–Trinajstić information content (AvgIpc) is 2.88. The number of aliphatic imine (C=N–C) groups is 1. The Bertz CT molecular complexity index is 464. The fourth-order valence-corrected chi connectivity index (χ4v) is 2.94. The van der Waals surface area contributed by atoms with Crippen LogP contribution in [0.4, 0.5) is 0 Å². The van der Waals surface area contributed by atoms with E-state index in [0.29, 0.717) is 12.0 Å². The first-order chi connectivity index (χ1) is 9.31. The molecular formula is C16H22N2O. The molecule has 1 fully saturated rings. The summed E-state index contributed by atoms with van der Waals surface area (Å²) in [5.74, 6) is 1.49. The number of hydrogen-bond donors (Lipinski definition) is 1. The quantitative estimate of drug-likeness (QED) is 0.903. The molecule has 0 spiro atoms. The first kappa shape index (κ1) is 12.7. The topological polar surface area (TPSA) is 33.6 Å². The van der Waals surface area contributed by atoms with E-state index in [0.717, 1.165) is 32.0 Å². The molecule has 2 aliphatic heterocycles.